The van der Waals surface area contributed by atoms with Crippen molar-refractivity contribution in [3.05, 3.63) is 120 Å². The van der Waals surface area contributed by atoms with E-state index in [1.807, 2.05) is 78.9 Å². The molecule has 0 aromatic heterocycles. The van der Waals surface area contributed by atoms with Gasteiger partial charge in [0.1, 0.15) is 30.8 Å². The second-order valence-electron chi connectivity index (χ2n) is 9.61. The summed E-state index contributed by atoms with van der Waals surface area (Å²) < 4.78 is 17.8. The smallest absolute Gasteiger partial charge is 0.137 e. The number of hydrogen-bond donors (Lipinski definition) is 0. The van der Waals surface area contributed by atoms with Crippen molar-refractivity contribution in [3.8, 4) is 11.5 Å². The first-order valence-corrected chi connectivity index (χ1v) is 13.3. The average molecular weight is 523 g/mol. The number of piperidine rings is 1. The second-order valence-corrected chi connectivity index (χ2v) is 9.61. The lowest BCUT2D eigenvalue weighted by Crippen LogP contribution is -2.51. The van der Waals surface area contributed by atoms with Gasteiger partial charge < -0.3 is 29.0 Å². The maximum atomic E-state index is 11.6. The number of amides is 1. The first-order chi connectivity index (χ1) is 19.2. The van der Waals surface area contributed by atoms with Crippen molar-refractivity contribution in [1.29, 1.82) is 0 Å². The molecule has 0 N–H and O–H groups in total. The fraction of sp³-hybridized carbons (Fsp3) is 0.242. The van der Waals surface area contributed by atoms with E-state index in [1.165, 1.54) is 10.3 Å². The summed E-state index contributed by atoms with van der Waals surface area (Å²) in [6.45, 7) is 2.05. The van der Waals surface area contributed by atoms with Crippen LogP contribution >= 0.6 is 0 Å². The van der Waals surface area contributed by atoms with Crippen LogP contribution in [0.1, 0.15) is 23.5 Å². The molecule has 200 valence electrons. The standard InChI is InChI=1S/C33H33NO5/c35-33(36)34-19-18-31(32(23-34)39-24-25-12-13-26-8-4-5-9-28(26)22-25)27-14-16-30(17-15-27)38-21-7-6-20-37-29-10-2-1-3-11-29/h1-17,22,31-32H,18-21,23-24H2,(H,35,36)/p-1/b7-6+. The molecule has 4 aromatic carbocycles. The van der Waals surface area contributed by atoms with E-state index in [4.69, 9.17) is 14.2 Å². The number of benzene rings is 4. The first-order valence-electron chi connectivity index (χ1n) is 13.3. The van der Waals surface area contributed by atoms with Crippen molar-refractivity contribution in [2.45, 2.75) is 25.0 Å². The summed E-state index contributed by atoms with van der Waals surface area (Å²) in [4.78, 5) is 12.9. The van der Waals surface area contributed by atoms with E-state index in [-0.39, 0.29) is 18.6 Å². The Kier molecular flexibility index (Phi) is 8.76. The number of rotatable bonds is 10. The predicted molar refractivity (Wildman–Crippen MR) is 150 cm³/mol. The number of ether oxygens (including phenoxy) is 3. The minimum absolute atomic E-state index is 0.0742. The molecule has 2 unspecified atom stereocenters. The predicted octanol–water partition coefficient (Wildman–Crippen LogP) is 5.57. The van der Waals surface area contributed by atoms with E-state index in [0.717, 1.165) is 28.0 Å². The van der Waals surface area contributed by atoms with Crippen LogP contribution in [0.5, 0.6) is 11.5 Å². The molecule has 6 heteroatoms. The molecule has 1 amide bonds. The highest BCUT2D eigenvalue weighted by atomic mass is 16.5. The van der Waals surface area contributed by atoms with Crippen LogP contribution in [0.2, 0.25) is 0 Å². The number of hydrogen-bond acceptors (Lipinski definition) is 5. The molecule has 1 heterocycles. The molecule has 0 saturated carbocycles. The lowest BCUT2D eigenvalue weighted by molar-refractivity contribution is -0.268. The van der Waals surface area contributed by atoms with Gasteiger partial charge in [0.15, 0.2) is 0 Å². The van der Waals surface area contributed by atoms with Gasteiger partial charge in [0.2, 0.25) is 0 Å². The number of carbonyl (C=O) groups excluding carboxylic acids is 1. The lowest BCUT2D eigenvalue weighted by atomic mass is 9.87. The molecular weight excluding hydrogens is 490 g/mol. The molecule has 0 aliphatic carbocycles. The third kappa shape index (κ3) is 7.18. The van der Waals surface area contributed by atoms with E-state index in [2.05, 4.69) is 30.3 Å². The lowest BCUT2D eigenvalue weighted by Gasteiger charge is -2.40. The molecule has 1 aliphatic rings. The number of fused-ring (bicyclic) bond motifs is 1. The van der Waals surface area contributed by atoms with Gasteiger partial charge in [-0.05, 0) is 70.8 Å². The first kappa shape index (κ1) is 26.3. The minimum atomic E-state index is -1.15. The largest absolute Gasteiger partial charge is 0.530 e. The molecule has 1 saturated heterocycles. The summed E-state index contributed by atoms with van der Waals surface area (Å²) in [6.07, 6.45) is 3.11. The topological polar surface area (TPSA) is 71.1 Å². The third-order valence-electron chi connectivity index (χ3n) is 7.01. The Hall–Kier alpha value is -4.29. The van der Waals surface area contributed by atoms with Gasteiger partial charge in [0.05, 0.1) is 12.7 Å². The van der Waals surface area contributed by atoms with Gasteiger partial charge in [-0.25, -0.2) is 0 Å². The van der Waals surface area contributed by atoms with E-state index in [0.29, 0.717) is 32.8 Å². The highest BCUT2D eigenvalue weighted by Gasteiger charge is 2.31. The fourth-order valence-corrected chi connectivity index (χ4v) is 4.92. The number of carbonyl (C=O) groups is 1. The zero-order valence-corrected chi connectivity index (χ0v) is 21.8. The van der Waals surface area contributed by atoms with Gasteiger partial charge in [0, 0.05) is 19.0 Å². The zero-order valence-electron chi connectivity index (χ0n) is 21.8. The summed E-state index contributed by atoms with van der Waals surface area (Å²) in [5.74, 6) is 1.68. The normalized spacial score (nSPS) is 17.4. The Balaban J connectivity index is 1.17. The van der Waals surface area contributed by atoms with Crippen LogP contribution in [0.4, 0.5) is 4.79 Å². The van der Waals surface area contributed by atoms with Crippen LogP contribution in [-0.4, -0.2) is 43.4 Å². The third-order valence-corrected chi connectivity index (χ3v) is 7.01. The summed E-state index contributed by atoms with van der Waals surface area (Å²) in [6, 6.07) is 32.2. The summed E-state index contributed by atoms with van der Waals surface area (Å²) in [5.41, 5.74) is 2.17. The number of para-hydroxylation sites is 1. The molecule has 39 heavy (non-hydrogen) atoms. The highest BCUT2D eigenvalue weighted by Crippen LogP contribution is 2.32. The van der Waals surface area contributed by atoms with Crippen LogP contribution in [-0.2, 0) is 11.3 Å². The van der Waals surface area contributed by atoms with Crippen LogP contribution in [0.3, 0.4) is 0 Å². The van der Waals surface area contributed by atoms with Gasteiger partial charge >= 0.3 is 0 Å². The van der Waals surface area contributed by atoms with Gasteiger partial charge in [-0.15, -0.1) is 0 Å². The summed E-state index contributed by atoms with van der Waals surface area (Å²) >= 11 is 0. The van der Waals surface area contributed by atoms with Crippen LogP contribution in [0.25, 0.3) is 10.8 Å². The van der Waals surface area contributed by atoms with E-state index in [1.54, 1.807) is 0 Å². The van der Waals surface area contributed by atoms with Crippen LogP contribution in [0.15, 0.2) is 109 Å². The second kappa shape index (κ2) is 13.0. The van der Waals surface area contributed by atoms with Crippen molar-refractivity contribution in [1.82, 2.24) is 4.90 Å². The molecule has 1 aliphatic heterocycles. The van der Waals surface area contributed by atoms with Crippen LogP contribution in [0, 0.1) is 0 Å². The highest BCUT2D eigenvalue weighted by molar-refractivity contribution is 5.82. The average Bonchev–Trinajstić information content (AvgIpc) is 2.98. The Bertz CT molecular complexity index is 1390. The van der Waals surface area contributed by atoms with Gasteiger partial charge in [-0.3, -0.25) is 0 Å². The monoisotopic (exact) mass is 522 g/mol. The van der Waals surface area contributed by atoms with E-state index >= 15 is 0 Å². The Labute approximate surface area is 229 Å². The molecule has 5 rings (SSSR count). The molecule has 1 fully saturated rings. The number of likely N-dealkylation sites (tertiary alicyclic amines) is 1. The Morgan fingerprint density at radius 2 is 1.49 bits per heavy atom. The molecule has 2 atom stereocenters. The van der Waals surface area contributed by atoms with E-state index in [9.17, 15) is 9.90 Å². The molecule has 6 nitrogen and oxygen atoms in total. The number of carboxylic acid groups (broad SMARTS) is 1. The maximum absolute atomic E-state index is 11.6. The molecule has 4 aromatic rings. The molecule has 0 bridgehead atoms. The molecule has 0 radical (unpaired) electrons. The number of nitrogens with zero attached hydrogens (tertiary/aromatic N) is 1. The van der Waals surface area contributed by atoms with Gasteiger partial charge in [0.25, 0.3) is 0 Å². The zero-order chi connectivity index (χ0) is 26.9. The van der Waals surface area contributed by atoms with Crippen molar-refractivity contribution in [3.63, 3.8) is 0 Å². The maximum Gasteiger partial charge on any atom is 0.137 e. The Morgan fingerprint density at radius 1 is 0.821 bits per heavy atom. The van der Waals surface area contributed by atoms with Gasteiger partial charge in [-0.1, -0.05) is 66.7 Å². The van der Waals surface area contributed by atoms with Gasteiger partial charge in [-0.2, -0.15) is 0 Å². The van der Waals surface area contributed by atoms with Crippen molar-refractivity contribution in [2.75, 3.05) is 26.3 Å². The SMILES string of the molecule is O=C([O-])N1CCC(c2ccc(OC/C=C/COc3ccccc3)cc2)C(OCc2ccc3ccccc3c2)C1. The summed E-state index contributed by atoms with van der Waals surface area (Å²) in [7, 11) is 0. The molecule has 0 spiro atoms. The Morgan fingerprint density at radius 3 is 2.21 bits per heavy atom. The van der Waals surface area contributed by atoms with Crippen molar-refractivity contribution < 1.29 is 24.1 Å². The molecular formula is C33H32NO5-. The van der Waals surface area contributed by atoms with Crippen molar-refractivity contribution in [2.24, 2.45) is 0 Å². The van der Waals surface area contributed by atoms with Crippen molar-refractivity contribution >= 4 is 16.9 Å². The fourth-order valence-electron chi connectivity index (χ4n) is 4.92. The van der Waals surface area contributed by atoms with E-state index < -0.39 is 6.09 Å². The quantitative estimate of drug-likeness (QED) is 0.255. The summed E-state index contributed by atoms with van der Waals surface area (Å²) in [5, 5.41) is 13.9. The van der Waals surface area contributed by atoms with Crippen LogP contribution < -0.4 is 14.6 Å². The minimum Gasteiger partial charge on any atom is -0.530 e.